The monoisotopic (exact) mass is 694 g/mol. The summed E-state index contributed by atoms with van der Waals surface area (Å²) >= 11 is 0. The molecular formula is C36H70O12. The molecule has 0 aliphatic carbocycles. The molecule has 286 valence electrons. The van der Waals surface area contributed by atoms with Gasteiger partial charge in [-0.3, -0.25) is 9.59 Å². The van der Waals surface area contributed by atoms with Gasteiger partial charge in [-0.25, -0.2) is 0 Å². The molecule has 48 heavy (non-hydrogen) atoms. The number of rotatable bonds is 41. The minimum Gasteiger partial charge on any atom is -0.469 e. The smallest absolute Gasteiger partial charge is 0.307 e. The van der Waals surface area contributed by atoms with Gasteiger partial charge in [-0.15, -0.1) is 0 Å². The maximum Gasteiger partial charge on any atom is 0.307 e. The van der Waals surface area contributed by atoms with Crippen LogP contribution in [0.5, 0.6) is 0 Å². The van der Waals surface area contributed by atoms with E-state index in [1.807, 2.05) is 0 Å². The molecule has 0 saturated heterocycles. The first-order chi connectivity index (χ1) is 23.7. The quantitative estimate of drug-likeness (QED) is 0.0575. The average Bonchev–Trinajstić information content (AvgIpc) is 3.09. The second kappa shape index (κ2) is 41.8. The number of hydrogen-bond donors (Lipinski definition) is 0. The molecule has 12 nitrogen and oxygen atoms in total. The fraction of sp³-hybridized carbons (Fsp3) is 0.944. The molecular weight excluding hydrogens is 624 g/mol. The van der Waals surface area contributed by atoms with Gasteiger partial charge in [-0.1, -0.05) is 84.0 Å². The molecule has 0 N–H and O–H groups in total. The van der Waals surface area contributed by atoms with Gasteiger partial charge >= 0.3 is 11.9 Å². The molecule has 0 aromatic carbocycles. The van der Waals surface area contributed by atoms with Gasteiger partial charge in [-0.05, 0) is 6.42 Å². The maximum atomic E-state index is 11.8. The molecule has 0 fully saturated rings. The fourth-order valence-electron chi connectivity index (χ4n) is 4.47. The number of methoxy groups -OCH3 is 1. The Kier molecular flexibility index (Phi) is 40.6. The van der Waals surface area contributed by atoms with Crippen molar-refractivity contribution in [1.29, 1.82) is 0 Å². The molecule has 0 aliphatic heterocycles. The molecule has 0 amide bonds. The van der Waals surface area contributed by atoms with Crippen LogP contribution in [0.1, 0.15) is 103 Å². The zero-order valence-corrected chi connectivity index (χ0v) is 30.5. The van der Waals surface area contributed by atoms with E-state index in [0.717, 1.165) is 12.8 Å². The molecule has 0 spiro atoms. The van der Waals surface area contributed by atoms with E-state index in [4.69, 9.17) is 42.6 Å². The lowest BCUT2D eigenvalue weighted by atomic mass is 10.0. The zero-order valence-electron chi connectivity index (χ0n) is 30.5. The van der Waals surface area contributed by atoms with Crippen LogP contribution in [-0.4, -0.2) is 131 Å². The number of hydrogen-bond acceptors (Lipinski definition) is 12. The van der Waals surface area contributed by atoms with Gasteiger partial charge < -0.3 is 47.4 Å². The lowest BCUT2D eigenvalue weighted by molar-refractivity contribution is -0.145. The van der Waals surface area contributed by atoms with Crippen LogP contribution in [0.4, 0.5) is 0 Å². The fourth-order valence-corrected chi connectivity index (χ4v) is 4.47. The van der Waals surface area contributed by atoms with Gasteiger partial charge in [0.2, 0.25) is 0 Å². The first kappa shape index (κ1) is 46.6. The van der Waals surface area contributed by atoms with Gasteiger partial charge in [0.25, 0.3) is 0 Å². The molecule has 0 saturated carbocycles. The molecule has 0 rings (SSSR count). The predicted octanol–water partition coefficient (Wildman–Crippen LogP) is 5.71. The van der Waals surface area contributed by atoms with Crippen molar-refractivity contribution < 1.29 is 57.0 Å². The lowest BCUT2D eigenvalue weighted by Gasteiger charge is -2.09. The minimum absolute atomic E-state index is 0.135. The third-order valence-electron chi connectivity index (χ3n) is 7.26. The highest BCUT2D eigenvalue weighted by atomic mass is 16.6. The number of esters is 2. The van der Waals surface area contributed by atoms with Gasteiger partial charge in [0.1, 0.15) is 6.61 Å². The van der Waals surface area contributed by atoms with Crippen LogP contribution in [0.25, 0.3) is 0 Å². The van der Waals surface area contributed by atoms with Crippen molar-refractivity contribution in [2.75, 3.05) is 119 Å². The first-order valence-electron chi connectivity index (χ1n) is 18.5. The van der Waals surface area contributed by atoms with Crippen LogP contribution in [0, 0.1) is 0 Å². The molecule has 0 heterocycles. The Labute approximate surface area is 291 Å². The summed E-state index contributed by atoms with van der Waals surface area (Å²) in [5, 5.41) is 0. The Hall–Kier alpha value is -1.38. The zero-order chi connectivity index (χ0) is 34.9. The van der Waals surface area contributed by atoms with Crippen molar-refractivity contribution in [2.45, 2.75) is 103 Å². The summed E-state index contributed by atoms with van der Waals surface area (Å²) in [4.78, 5) is 22.8. The van der Waals surface area contributed by atoms with Crippen molar-refractivity contribution >= 4 is 11.9 Å². The van der Waals surface area contributed by atoms with E-state index >= 15 is 0 Å². The number of unbranched alkanes of at least 4 members (excludes halogenated alkanes) is 12. The maximum absolute atomic E-state index is 11.8. The van der Waals surface area contributed by atoms with Gasteiger partial charge in [0.15, 0.2) is 0 Å². The first-order valence-corrected chi connectivity index (χ1v) is 18.5. The van der Waals surface area contributed by atoms with E-state index in [1.54, 1.807) is 0 Å². The highest BCUT2D eigenvalue weighted by Gasteiger charge is 2.03. The molecule has 0 aromatic rings. The Morgan fingerprint density at radius 1 is 0.333 bits per heavy atom. The Balaban J connectivity index is 3.14. The summed E-state index contributed by atoms with van der Waals surface area (Å²) in [7, 11) is 1.35. The summed E-state index contributed by atoms with van der Waals surface area (Å²) in [5.41, 5.74) is 0. The Morgan fingerprint density at radius 3 is 0.958 bits per heavy atom. The molecule has 0 atom stereocenters. The van der Waals surface area contributed by atoms with Crippen molar-refractivity contribution in [2.24, 2.45) is 0 Å². The van der Waals surface area contributed by atoms with E-state index in [9.17, 15) is 9.59 Å². The van der Waals surface area contributed by atoms with Crippen LogP contribution in [-0.2, 0) is 57.0 Å². The van der Waals surface area contributed by atoms with Crippen LogP contribution < -0.4 is 0 Å². The molecule has 0 aliphatic rings. The van der Waals surface area contributed by atoms with E-state index in [0.29, 0.717) is 112 Å². The average molecular weight is 695 g/mol. The largest absolute Gasteiger partial charge is 0.469 e. The highest BCUT2D eigenvalue weighted by Crippen LogP contribution is 2.13. The van der Waals surface area contributed by atoms with Gasteiger partial charge in [-0.2, -0.15) is 0 Å². The summed E-state index contributed by atoms with van der Waals surface area (Å²) < 4.78 is 53.2. The minimum atomic E-state index is -0.286. The predicted molar refractivity (Wildman–Crippen MR) is 184 cm³/mol. The summed E-state index contributed by atoms with van der Waals surface area (Å²) in [5.74, 6) is -0.420. The van der Waals surface area contributed by atoms with E-state index in [-0.39, 0.29) is 25.0 Å². The second-order valence-electron chi connectivity index (χ2n) is 11.4. The Bertz CT molecular complexity index is 652. The third kappa shape index (κ3) is 40.8. The summed E-state index contributed by atoms with van der Waals surface area (Å²) in [6.45, 7) is 9.91. The molecule has 0 bridgehead atoms. The SMILES string of the molecule is CCCCCCCCCCCCCCCC(=O)OCCOCCOCCOCCOCCOCCOCCOCCOCCC(=O)OC. The number of carbonyl (C=O) groups excluding carboxylic acids is 2. The summed E-state index contributed by atoms with van der Waals surface area (Å²) in [6.07, 6.45) is 17.5. The topological polar surface area (TPSA) is 126 Å². The van der Waals surface area contributed by atoms with E-state index in [1.165, 1.54) is 77.7 Å². The van der Waals surface area contributed by atoms with Crippen molar-refractivity contribution in [3.8, 4) is 0 Å². The normalized spacial score (nSPS) is 11.3. The molecule has 12 heteroatoms. The van der Waals surface area contributed by atoms with Crippen molar-refractivity contribution in [1.82, 2.24) is 0 Å². The Morgan fingerprint density at radius 2 is 0.625 bits per heavy atom. The second-order valence-corrected chi connectivity index (χ2v) is 11.4. The van der Waals surface area contributed by atoms with Crippen LogP contribution in [0.15, 0.2) is 0 Å². The van der Waals surface area contributed by atoms with Gasteiger partial charge in [0.05, 0.1) is 119 Å². The van der Waals surface area contributed by atoms with Crippen LogP contribution in [0.2, 0.25) is 0 Å². The molecule has 0 radical (unpaired) electrons. The van der Waals surface area contributed by atoms with E-state index < -0.39 is 0 Å². The summed E-state index contributed by atoms with van der Waals surface area (Å²) in [6, 6.07) is 0. The van der Waals surface area contributed by atoms with Crippen molar-refractivity contribution in [3.05, 3.63) is 0 Å². The van der Waals surface area contributed by atoms with Gasteiger partial charge in [0, 0.05) is 6.42 Å². The highest BCUT2D eigenvalue weighted by molar-refractivity contribution is 5.69. The van der Waals surface area contributed by atoms with Crippen LogP contribution >= 0.6 is 0 Å². The van der Waals surface area contributed by atoms with Crippen molar-refractivity contribution in [3.63, 3.8) is 0 Å². The third-order valence-corrected chi connectivity index (χ3v) is 7.26. The molecule has 0 aromatic heterocycles. The number of ether oxygens (including phenoxy) is 10. The number of carbonyl (C=O) groups is 2. The molecule has 0 unspecified atom stereocenters. The lowest BCUT2D eigenvalue weighted by Crippen LogP contribution is -2.15. The van der Waals surface area contributed by atoms with Crippen LogP contribution in [0.3, 0.4) is 0 Å². The standard InChI is InChI=1S/C36H70O12/c1-3-4-5-6-7-8-9-10-11-12-13-14-15-16-36(38)48-34-33-47-32-31-46-30-29-45-28-27-44-26-25-43-24-23-42-22-21-41-20-19-40-18-17-35(37)39-2/h3-34H2,1-2H3. The van der Waals surface area contributed by atoms with E-state index in [2.05, 4.69) is 11.7 Å².